The first kappa shape index (κ1) is 15.3. The van der Waals surface area contributed by atoms with E-state index < -0.39 is 0 Å². The van der Waals surface area contributed by atoms with E-state index in [9.17, 15) is 4.39 Å². The molecule has 0 saturated carbocycles. The Morgan fingerprint density at radius 2 is 2.21 bits per heavy atom. The number of nitrogen functional groups attached to an aromatic ring is 1. The van der Waals surface area contributed by atoms with Crippen LogP contribution in [0.5, 0.6) is 0 Å². The number of hydrogen-bond donors (Lipinski definition) is 1. The average molecular weight is 339 g/mol. The second-order valence-corrected chi connectivity index (χ2v) is 7.02. The van der Waals surface area contributed by atoms with Gasteiger partial charge in [-0.1, -0.05) is 6.07 Å². The number of rotatable bonds is 3. The second-order valence-electron chi connectivity index (χ2n) is 6.07. The number of hydrogen-bond acceptors (Lipinski definition) is 4. The zero-order chi connectivity index (χ0) is 16.5. The van der Waals surface area contributed by atoms with E-state index in [2.05, 4.69) is 27.4 Å². The van der Waals surface area contributed by atoms with Crippen LogP contribution < -0.4 is 5.73 Å². The van der Waals surface area contributed by atoms with Crippen molar-refractivity contribution < 1.29 is 4.39 Å². The molecule has 3 nitrogen and oxygen atoms in total. The van der Waals surface area contributed by atoms with Gasteiger partial charge >= 0.3 is 0 Å². The number of anilines is 1. The smallest absolute Gasteiger partial charge is 0.123 e. The summed E-state index contributed by atoms with van der Waals surface area (Å²) in [6.07, 6.45) is 4.67. The maximum atomic E-state index is 13.9. The summed E-state index contributed by atoms with van der Waals surface area (Å²) in [6, 6.07) is 10.8. The molecule has 0 radical (unpaired) electrons. The molecule has 3 heterocycles. The molecule has 2 N–H and O–H groups in total. The molecule has 2 aromatic heterocycles. The fourth-order valence-electron chi connectivity index (χ4n) is 3.37. The van der Waals surface area contributed by atoms with Crippen LogP contribution in [0.15, 0.2) is 54.2 Å². The Morgan fingerprint density at radius 1 is 1.29 bits per heavy atom. The molecule has 0 fully saturated rings. The monoisotopic (exact) mass is 339 g/mol. The van der Waals surface area contributed by atoms with E-state index in [1.54, 1.807) is 29.7 Å². The number of halogens is 1. The van der Waals surface area contributed by atoms with E-state index in [1.165, 1.54) is 16.5 Å². The van der Waals surface area contributed by atoms with Crippen molar-refractivity contribution in [3.8, 4) is 0 Å². The highest BCUT2D eigenvalue weighted by molar-refractivity contribution is 7.10. The van der Waals surface area contributed by atoms with E-state index in [0.717, 1.165) is 30.6 Å². The van der Waals surface area contributed by atoms with E-state index in [4.69, 9.17) is 5.73 Å². The topological polar surface area (TPSA) is 42.1 Å². The lowest BCUT2D eigenvalue weighted by molar-refractivity contribution is 0.208. The molecule has 1 atom stereocenters. The van der Waals surface area contributed by atoms with E-state index in [0.29, 0.717) is 5.69 Å². The van der Waals surface area contributed by atoms with Crippen LogP contribution in [0.2, 0.25) is 0 Å². The van der Waals surface area contributed by atoms with Crippen LogP contribution in [0.3, 0.4) is 0 Å². The Bertz CT molecular complexity index is 847. The fraction of sp³-hybridized carbons (Fsp3) is 0.211. The Kier molecular flexibility index (Phi) is 4.04. The first-order valence-electron chi connectivity index (χ1n) is 7.96. The Balaban J connectivity index is 1.77. The lowest BCUT2D eigenvalue weighted by atomic mass is 9.93. The summed E-state index contributed by atoms with van der Waals surface area (Å²) < 4.78 is 13.9. The van der Waals surface area contributed by atoms with Crippen LogP contribution >= 0.6 is 11.3 Å². The summed E-state index contributed by atoms with van der Waals surface area (Å²) in [4.78, 5) is 7.83. The third kappa shape index (κ3) is 2.81. The van der Waals surface area contributed by atoms with Crippen LogP contribution in [0.1, 0.15) is 27.6 Å². The Morgan fingerprint density at radius 3 is 3.04 bits per heavy atom. The van der Waals surface area contributed by atoms with Gasteiger partial charge in [-0.2, -0.15) is 0 Å². The average Bonchev–Trinajstić information content (AvgIpc) is 3.07. The molecule has 1 aliphatic heterocycles. The van der Waals surface area contributed by atoms with Gasteiger partial charge in [0.1, 0.15) is 5.82 Å². The summed E-state index contributed by atoms with van der Waals surface area (Å²) in [5.74, 6) is -0.246. The van der Waals surface area contributed by atoms with E-state index >= 15 is 0 Å². The number of nitrogens with two attached hydrogens (primary N) is 1. The van der Waals surface area contributed by atoms with Gasteiger partial charge in [0.15, 0.2) is 0 Å². The SMILES string of the molecule is Nc1ccc(F)cc1C1c2sccc2CCN1Cc1cccnc1. The quantitative estimate of drug-likeness (QED) is 0.733. The van der Waals surface area contributed by atoms with Gasteiger partial charge in [-0.15, -0.1) is 11.3 Å². The van der Waals surface area contributed by atoms with Crippen LogP contribution in [0.4, 0.5) is 10.1 Å². The molecule has 4 rings (SSSR count). The minimum atomic E-state index is -0.246. The van der Waals surface area contributed by atoms with Crippen LogP contribution in [0, 0.1) is 5.82 Å². The molecule has 0 amide bonds. The Hall–Kier alpha value is -2.24. The molecular weight excluding hydrogens is 321 g/mol. The van der Waals surface area contributed by atoms with Gasteiger partial charge in [0.2, 0.25) is 0 Å². The van der Waals surface area contributed by atoms with Crippen LogP contribution in [0.25, 0.3) is 0 Å². The largest absolute Gasteiger partial charge is 0.398 e. The van der Waals surface area contributed by atoms with Crippen LogP contribution in [-0.4, -0.2) is 16.4 Å². The van der Waals surface area contributed by atoms with Gasteiger partial charge in [-0.25, -0.2) is 4.39 Å². The van der Waals surface area contributed by atoms with E-state index in [1.807, 2.05) is 12.3 Å². The lowest BCUT2D eigenvalue weighted by Crippen LogP contribution is -2.35. The van der Waals surface area contributed by atoms with Crippen molar-refractivity contribution in [1.29, 1.82) is 0 Å². The van der Waals surface area contributed by atoms with Crippen molar-refractivity contribution in [3.63, 3.8) is 0 Å². The van der Waals surface area contributed by atoms with Crippen molar-refractivity contribution in [2.45, 2.75) is 19.0 Å². The van der Waals surface area contributed by atoms with Crippen molar-refractivity contribution in [3.05, 3.63) is 81.6 Å². The number of aromatic nitrogens is 1. The zero-order valence-corrected chi connectivity index (χ0v) is 14.0. The number of nitrogens with zero attached hydrogens (tertiary/aromatic N) is 2. The molecule has 0 aliphatic carbocycles. The number of benzene rings is 1. The van der Waals surface area contributed by atoms with Gasteiger partial charge in [0.05, 0.1) is 6.04 Å². The van der Waals surface area contributed by atoms with Crippen molar-refractivity contribution in [2.24, 2.45) is 0 Å². The molecule has 3 aromatic rings. The lowest BCUT2D eigenvalue weighted by Gasteiger charge is -2.36. The molecule has 0 saturated heterocycles. The third-order valence-corrected chi connectivity index (χ3v) is 5.53. The number of pyridine rings is 1. The molecular formula is C19H18FN3S. The molecule has 122 valence electrons. The molecule has 0 spiro atoms. The number of fused-ring (bicyclic) bond motifs is 1. The fourth-order valence-corrected chi connectivity index (χ4v) is 4.48. The van der Waals surface area contributed by atoms with E-state index in [-0.39, 0.29) is 11.9 Å². The predicted octanol–water partition coefficient (Wildman–Crippen LogP) is 4.01. The molecule has 1 aromatic carbocycles. The zero-order valence-electron chi connectivity index (χ0n) is 13.2. The standard InChI is InChI=1S/C19H18FN3S/c20-15-3-4-17(21)16(10-15)18-19-14(6-9-24-19)5-8-23(18)12-13-2-1-7-22-11-13/h1-4,6-7,9-11,18H,5,8,12,21H2. The summed E-state index contributed by atoms with van der Waals surface area (Å²) in [5, 5.41) is 2.11. The van der Waals surface area contributed by atoms with Gasteiger partial charge in [-0.05, 0) is 53.3 Å². The van der Waals surface area contributed by atoms with Crippen LogP contribution in [-0.2, 0) is 13.0 Å². The highest BCUT2D eigenvalue weighted by atomic mass is 32.1. The van der Waals surface area contributed by atoms with Crippen molar-refractivity contribution in [2.75, 3.05) is 12.3 Å². The normalized spacial score (nSPS) is 17.6. The second kappa shape index (κ2) is 6.34. The summed E-state index contributed by atoms with van der Waals surface area (Å²) in [5.41, 5.74) is 10.2. The molecule has 1 aliphatic rings. The van der Waals surface area contributed by atoms with Crippen molar-refractivity contribution in [1.82, 2.24) is 9.88 Å². The highest BCUT2D eigenvalue weighted by Crippen LogP contribution is 2.41. The summed E-state index contributed by atoms with van der Waals surface area (Å²) in [6.45, 7) is 1.69. The van der Waals surface area contributed by atoms with Crippen molar-refractivity contribution >= 4 is 17.0 Å². The maximum absolute atomic E-state index is 13.9. The third-order valence-electron chi connectivity index (χ3n) is 4.51. The summed E-state index contributed by atoms with van der Waals surface area (Å²) in [7, 11) is 0. The van der Waals surface area contributed by atoms with Gasteiger partial charge in [-0.3, -0.25) is 9.88 Å². The van der Waals surface area contributed by atoms with Gasteiger partial charge < -0.3 is 5.73 Å². The minimum Gasteiger partial charge on any atom is -0.398 e. The molecule has 1 unspecified atom stereocenters. The first-order chi connectivity index (χ1) is 11.7. The minimum absolute atomic E-state index is 0.00958. The molecule has 24 heavy (non-hydrogen) atoms. The van der Waals surface area contributed by atoms with Gasteiger partial charge in [0, 0.05) is 41.6 Å². The molecule has 0 bridgehead atoms. The predicted molar refractivity (Wildman–Crippen MR) is 95.3 cm³/mol. The summed E-state index contributed by atoms with van der Waals surface area (Å²) >= 11 is 1.72. The van der Waals surface area contributed by atoms with Gasteiger partial charge in [0.25, 0.3) is 0 Å². The maximum Gasteiger partial charge on any atom is 0.123 e. The Labute approximate surface area is 144 Å². The first-order valence-corrected chi connectivity index (χ1v) is 8.84. The number of thiophene rings is 1. The molecule has 5 heteroatoms. The highest BCUT2D eigenvalue weighted by Gasteiger charge is 2.31.